The highest BCUT2D eigenvalue weighted by atomic mass is 79.9. The van der Waals surface area contributed by atoms with Gasteiger partial charge in [-0.25, -0.2) is 0 Å². The molecule has 25 heavy (non-hydrogen) atoms. The van der Waals surface area contributed by atoms with Crippen molar-refractivity contribution in [2.75, 3.05) is 6.61 Å². The van der Waals surface area contributed by atoms with Crippen LogP contribution in [0, 0.1) is 5.92 Å². The van der Waals surface area contributed by atoms with Gasteiger partial charge in [0.05, 0.1) is 18.8 Å². The Morgan fingerprint density at radius 1 is 1.00 bits per heavy atom. The van der Waals surface area contributed by atoms with E-state index in [0.29, 0.717) is 17.0 Å². The van der Waals surface area contributed by atoms with Crippen LogP contribution in [0.1, 0.15) is 69.8 Å². The van der Waals surface area contributed by atoms with Gasteiger partial charge in [0.25, 0.3) is 0 Å². The molecular weight excluding hydrogens is 376 g/mol. The molecule has 1 unspecified atom stereocenters. The van der Waals surface area contributed by atoms with Crippen LogP contribution in [0.15, 0.2) is 30.3 Å². The van der Waals surface area contributed by atoms with Crippen LogP contribution in [0.25, 0.3) is 0 Å². The van der Waals surface area contributed by atoms with Gasteiger partial charge in [0.2, 0.25) is 0 Å². The van der Waals surface area contributed by atoms with E-state index >= 15 is 0 Å². The van der Waals surface area contributed by atoms with Gasteiger partial charge < -0.3 is 9.47 Å². The first kappa shape index (κ1) is 19.4. The minimum atomic E-state index is 0.444. The summed E-state index contributed by atoms with van der Waals surface area (Å²) in [5, 5.41) is 0. The van der Waals surface area contributed by atoms with E-state index in [1.165, 1.54) is 63.4 Å². The Morgan fingerprint density at radius 3 is 2.60 bits per heavy atom. The monoisotopic (exact) mass is 408 g/mol. The van der Waals surface area contributed by atoms with E-state index in [0.717, 1.165) is 25.6 Å². The minimum Gasteiger partial charge on any atom is -0.377 e. The molecule has 3 atom stereocenters. The van der Waals surface area contributed by atoms with E-state index in [9.17, 15) is 0 Å². The Morgan fingerprint density at radius 2 is 1.80 bits per heavy atom. The normalized spacial score (nSPS) is 28.1. The summed E-state index contributed by atoms with van der Waals surface area (Å²) in [6, 6.07) is 10.4. The second kappa shape index (κ2) is 10.7. The van der Waals surface area contributed by atoms with Gasteiger partial charge in [-0.1, -0.05) is 65.5 Å². The number of alkyl halides is 1. The summed E-state index contributed by atoms with van der Waals surface area (Å²) in [6.07, 6.45) is 13.8. The standard InChI is InChI=1S/C22H33BrO2/c23-20-15-21(25-22(16-20)19-11-5-2-6-12-19)13-7-8-14-24-17-18-9-3-1-4-10-18/h1,3-4,9-10,19-22H,2,5-8,11-17H2/t20-,21?,22+/m0/s1. The smallest absolute Gasteiger partial charge is 0.0716 e. The lowest BCUT2D eigenvalue weighted by Gasteiger charge is -2.39. The SMILES string of the molecule is Br[C@H]1CC(CCCCOCc2ccccc2)O[C@@H](C2CCCCC2)C1. The Hall–Kier alpha value is -0.380. The summed E-state index contributed by atoms with van der Waals surface area (Å²) in [5.74, 6) is 0.811. The van der Waals surface area contributed by atoms with Gasteiger partial charge in [-0.05, 0) is 56.4 Å². The third-order valence-corrected chi connectivity index (χ3v) is 6.47. The molecule has 1 saturated carbocycles. The molecule has 0 spiro atoms. The first-order chi connectivity index (χ1) is 12.3. The van der Waals surface area contributed by atoms with Crippen LogP contribution in [0.3, 0.4) is 0 Å². The second-order valence-corrected chi connectivity index (χ2v) is 9.09. The van der Waals surface area contributed by atoms with Crippen LogP contribution in [0.2, 0.25) is 0 Å². The predicted molar refractivity (Wildman–Crippen MR) is 107 cm³/mol. The highest BCUT2D eigenvalue weighted by Crippen LogP contribution is 2.36. The van der Waals surface area contributed by atoms with Gasteiger partial charge in [-0.2, -0.15) is 0 Å². The highest BCUT2D eigenvalue weighted by molar-refractivity contribution is 9.09. The minimum absolute atomic E-state index is 0.444. The second-order valence-electron chi connectivity index (χ2n) is 7.80. The fraction of sp³-hybridized carbons (Fsp3) is 0.727. The lowest BCUT2D eigenvalue weighted by Crippen LogP contribution is -2.38. The lowest BCUT2D eigenvalue weighted by atomic mass is 9.82. The molecule has 1 aromatic carbocycles. The summed E-state index contributed by atoms with van der Waals surface area (Å²) < 4.78 is 12.3. The van der Waals surface area contributed by atoms with Crippen molar-refractivity contribution >= 4 is 15.9 Å². The van der Waals surface area contributed by atoms with Gasteiger partial charge in [-0.15, -0.1) is 0 Å². The van der Waals surface area contributed by atoms with E-state index in [4.69, 9.17) is 9.47 Å². The molecule has 0 radical (unpaired) electrons. The molecule has 2 fully saturated rings. The van der Waals surface area contributed by atoms with Crippen molar-refractivity contribution in [2.24, 2.45) is 5.92 Å². The van der Waals surface area contributed by atoms with Crippen molar-refractivity contribution in [3.63, 3.8) is 0 Å². The summed E-state index contributed by atoms with van der Waals surface area (Å²) in [7, 11) is 0. The third-order valence-electron chi connectivity index (χ3n) is 5.73. The molecule has 1 heterocycles. The molecule has 0 bridgehead atoms. The van der Waals surface area contributed by atoms with Crippen LogP contribution >= 0.6 is 15.9 Å². The maximum atomic E-state index is 6.50. The van der Waals surface area contributed by atoms with Crippen molar-refractivity contribution < 1.29 is 9.47 Å². The number of ether oxygens (including phenoxy) is 2. The number of benzene rings is 1. The topological polar surface area (TPSA) is 18.5 Å². The molecule has 1 saturated heterocycles. The summed E-state index contributed by atoms with van der Waals surface area (Å²) in [4.78, 5) is 0.646. The Labute approximate surface area is 161 Å². The van der Waals surface area contributed by atoms with E-state index < -0.39 is 0 Å². The molecule has 3 heteroatoms. The van der Waals surface area contributed by atoms with Crippen LogP contribution < -0.4 is 0 Å². The van der Waals surface area contributed by atoms with E-state index in [1.807, 2.05) is 6.07 Å². The quantitative estimate of drug-likeness (QED) is 0.372. The van der Waals surface area contributed by atoms with Gasteiger partial charge in [0.1, 0.15) is 0 Å². The van der Waals surface area contributed by atoms with Crippen molar-refractivity contribution in [1.82, 2.24) is 0 Å². The number of hydrogen-bond acceptors (Lipinski definition) is 2. The van der Waals surface area contributed by atoms with Crippen molar-refractivity contribution in [3.05, 3.63) is 35.9 Å². The molecule has 1 aliphatic heterocycles. The first-order valence-corrected chi connectivity index (χ1v) is 11.1. The number of halogens is 1. The maximum absolute atomic E-state index is 6.50. The van der Waals surface area contributed by atoms with Crippen LogP contribution in [0.4, 0.5) is 0 Å². The van der Waals surface area contributed by atoms with Gasteiger partial charge in [0.15, 0.2) is 0 Å². The van der Waals surface area contributed by atoms with E-state index in [1.54, 1.807) is 0 Å². The van der Waals surface area contributed by atoms with E-state index in [2.05, 4.69) is 40.2 Å². The van der Waals surface area contributed by atoms with Crippen molar-refractivity contribution in [1.29, 1.82) is 0 Å². The molecule has 1 aromatic rings. The molecule has 2 aliphatic rings. The zero-order chi connectivity index (χ0) is 17.3. The van der Waals surface area contributed by atoms with E-state index in [-0.39, 0.29) is 0 Å². The molecule has 0 amide bonds. The predicted octanol–water partition coefficient (Wildman–Crippen LogP) is 6.26. The Balaban J connectivity index is 1.30. The summed E-state index contributed by atoms with van der Waals surface area (Å²) >= 11 is 3.89. The molecule has 2 nitrogen and oxygen atoms in total. The molecule has 0 N–H and O–H groups in total. The molecule has 0 aromatic heterocycles. The fourth-order valence-electron chi connectivity index (χ4n) is 4.33. The first-order valence-electron chi connectivity index (χ1n) is 10.2. The van der Waals surface area contributed by atoms with Gasteiger partial charge in [-0.3, -0.25) is 0 Å². The van der Waals surface area contributed by atoms with Crippen molar-refractivity contribution in [2.45, 2.75) is 87.9 Å². The third kappa shape index (κ3) is 6.69. The number of rotatable bonds is 8. The highest BCUT2D eigenvalue weighted by Gasteiger charge is 2.33. The zero-order valence-corrected chi connectivity index (χ0v) is 17.0. The van der Waals surface area contributed by atoms with Crippen LogP contribution in [-0.4, -0.2) is 23.6 Å². The van der Waals surface area contributed by atoms with Gasteiger partial charge >= 0.3 is 0 Å². The Kier molecular flexibility index (Phi) is 8.29. The van der Waals surface area contributed by atoms with Gasteiger partial charge in [0, 0.05) is 11.4 Å². The number of unbranched alkanes of at least 4 members (excludes halogenated alkanes) is 1. The maximum Gasteiger partial charge on any atom is 0.0716 e. The summed E-state index contributed by atoms with van der Waals surface area (Å²) in [6.45, 7) is 1.58. The summed E-state index contributed by atoms with van der Waals surface area (Å²) in [5.41, 5.74) is 1.26. The van der Waals surface area contributed by atoms with Crippen molar-refractivity contribution in [3.8, 4) is 0 Å². The van der Waals surface area contributed by atoms with Crippen LogP contribution in [0.5, 0.6) is 0 Å². The molecular formula is C22H33BrO2. The average molecular weight is 409 g/mol. The molecule has 3 rings (SSSR count). The fourth-order valence-corrected chi connectivity index (χ4v) is 5.11. The molecule has 1 aliphatic carbocycles. The molecule has 140 valence electrons. The Bertz CT molecular complexity index is 472. The lowest BCUT2D eigenvalue weighted by molar-refractivity contribution is -0.0843. The van der Waals surface area contributed by atoms with Crippen LogP contribution in [-0.2, 0) is 16.1 Å². The zero-order valence-electron chi connectivity index (χ0n) is 15.4. The largest absolute Gasteiger partial charge is 0.377 e. The number of hydrogen-bond donors (Lipinski definition) is 0. The average Bonchev–Trinajstić information content (AvgIpc) is 2.66.